The molecule has 0 aliphatic heterocycles. The summed E-state index contributed by atoms with van der Waals surface area (Å²) in [5, 5.41) is 0. The molecule has 0 aromatic heterocycles. The quantitative estimate of drug-likeness (QED) is 0.638. The summed E-state index contributed by atoms with van der Waals surface area (Å²) in [5.74, 6) is -0.406. The van der Waals surface area contributed by atoms with E-state index in [-0.39, 0.29) is 17.2 Å². The molecule has 2 N–H and O–H groups in total. The molecule has 1 unspecified atom stereocenters. The van der Waals surface area contributed by atoms with E-state index in [4.69, 9.17) is 15.2 Å². The topological polar surface area (TPSA) is 81.9 Å². The number of nitrogens with zero attached hydrogens (tertiary/aromatic N) is 1. The van der Waals surface area contributed by atoms with Crippen LogP contribution in [0.3, 0.4) is 0 Å². The highest BCUT2D eigenvalue weighted by Gasteiger charge is 2.22. The van der Waals surface area contributed by atoms with Crippen LogP contribution in [-0.2, 0) is 9.53 Å². The van der Waals surface area contributed by atoms with Gasteiger partial charge in [0.15, 0.2) is 6.10 Å². The number of benzene rings is 1. The maximum Gasteiger partial charge on any atom is 0.341 e. The Balaban J connectivity index is 2.97. The van der Waals surface area contributed by atoms with E-state index in [2.05, 4.69) is 0 Å². The summed E-state index contributed by atoms with van der Waals surface area (Å²) in [7, 11) is 1.28. The number of esters is 1. The number of ether oxygens (including phenoxy) is 2. The van der Waals surface area contributed by atoms with Crippen molar-refractivity contribution in [3.63, 3.8) is 0 Å². The van der Waals surface area contributed by atoms with Crippen LogP contribution in [0.4, 0.5) is 5.69 Å². The van der Waals surface area contributed by atoms with Crippen molar-refractivity contribution in [1.82, 2.24) is 4.90 Å². The smallest absolute Gasteiger partial charge is 0.341 e. The molecule has 6 nitrogen and oxygen atoms in total. The molecule has 0 spiro atoms. The lowest BCUT2D eigenvalue weighted by Crippen LogP contribution is -2.40. The van der Waals surface area contributed by atoms with Crippen LogP contribution >= 0.6 is 0 Å². The van der Waals surface area contributed by atoms with Crippen LogP contribution < -0.4 is 10.5 Å². The van der Waals surface area contributed by atoms with Crippen LogP contribution in [-0.4, -0.2) is 43.1 Å². The summed E-state index contributed by atoms with van der Waals surface area (Å²) in [6, 6.07) is 4.64. The minimum Gasteiger partial charge on any atom is -0.480 e. The number of hydrogen-bond donors (Lipinski definition) is 1. The van der Waals surface area contributed by atoms with Gasteiger partial charge in [-0.25, -0.2) is 4.79 Å². The number of carbonyl (C=O) groups is 2. The van der Waals surface area contributed by atoms with E-state index in [0.717, 1.165) is 0 Å². The van der Waals surface area contributed by atoms with Crippen LogP contribution in [0.1, 0.15) is 31.1 Å². The lowest BCUT2D eigenvalue weighted by atomic mass is 10.1. The zero-order valence-electron chi connectivity index (χ0n) is 12.9. The fraction of sp³-hybridized carbons (Fsp3) is 0.467. The van der Waals surface area contributed by atoms with Crippen molar-refractivity contribution in [3.05, 3.63) is 23.8 Å². The van der Waals surface area contributed by atoms with Gasteiger partial charge < -0.3 is 20.1 Å². The molecule has 1 aromatic rings. The first-order chi connectivity index (χ1) is 9.94. The maximum atomic E-state index is 12.2. The maximum absolute atomic E-state index is 12.2. The molecule has 0 saturated carbocycles. The highest BCUT2D eigenvalue weighted by atomic mass is 16.5. The van der Waals surface area contributed by atoms with E-state index >= 15 is 0 Å². The van der Waals surface area contributed by atoms with Crippen molar-refractivity contribution >= 4 is 17.6 Å². The lowest BCUT2D eigenvalue weighted by Gasteiger charge is -2.24. The fourth-order valence-corrected chi connectivity index (χ4v) is 1.95. The molecule has 116 valence electrons. The second-order valence-electron chi connectivity index (χ2n) is 4.52. The van der Waals surface area contributed by atoms with E-state index in [1.54, 1.807) is 24.0 Å². The molecule has 1 amide bonds. The number of amides is 1. The number of rotatable bonds is 6. The lowest BCUT2D eigenvalue weighted by molar-refractivity contribution is -0.137. The highest BCUT2D eigenvalue weighted by molar-refractivity contribution is 5.93. The SMILES string of the molecule is CCN(CC)C(=O)C(C)Oc1ccc(N)cc1C(=O)OC. The number of anilines is 1. The third kappa shape index (κ3) is 4.11. The molecule has 0 heterocycles. The van der Waals surface area contributed by atoms with Crippen LogP contribution in [0.5, 0.6) is 5.75 Å². The Labute approximate surface area is 124 Å². The first-order valence-electron chi connectivity index (χ1n) is 6.87. The van der Waals surface area contributed by atoms with Crippen molar-refractivity contribution < 1.29 is 19.1 Å². The van der Waals surface area contributed by atoms with E-state index in [0.29, 0.717) is 18.8 Å². The van der Waals surface area contributed by atoms with Crippen molar-refractivity contribution in [1.29, 1.82) is 0 Å². The Morgan fingerprint density at radius 3 is 2.43 bits per heavy atom. The number of likely N-dealkylation sites (N-methyl/N-ethyl adjacent to an activating group) is 1. The first-order valence-corrected chi connectivity index (χ1v) is 6.87. The number of nitrogens with two attached hydrogens (primary N) is 1. The first kappa shape index (κ1) is 16.8. The summed E-state index contributed by atoms with van der Waals surface area (Å²) in [6.07, 6.45) is -0.697. The Kier molecular flexibility index (Phi) is 6.02. The van der Waals surface area contributed by atoms with Gasteiger partial charge in [-0.1, -0.05) is 0 Å². The van der Waals surface area contributed by atoms with Gasteiger partial charge in [-0.05, 0) is 39.0 Å². The van der Waals surface area contributed by atoms with Gasteiger partial charge in [-0.2, -0.15) is 0 Å². The predicted molar refractivity (Wildman–Crippen MR) is 80.2 cm³/mol. The van der Waals surface area contributed by atoms with Gasteiger partial charge in [0.1, 0.15) is 11.3 Å². The average molecular weight is 294 g/mol. The number of nitrogen functional groups attached to an aromatic ring is 1. The molecule has 0 aliphatic rings. The van der Waals surface area contributed by atoms with Gasteiger partial charge in [0.05, 0.1) is 7.11 Å². The average Bonchev–Trinajstić information content (AvgIpc) is 2.49. The molecule has 1 atom stereocenters. The molecule has 1 rings (SSSR count). The summed E-state index contributed by atoms with van der Waals surface area (Å²) >= 11 is 0. The number of hydrogen-bond acceptors (Lipinski definition) is 5. The molecule has 0 bridgehead atoms. The summed E-state index contributed by atoms with van der Waals surface area (Å²) in [6.45, 7) is 6.66. The van der Waals surface area contributed by atoms with Crippen LogP contribution in [0.15, 0.2) is 18.2 Å². The zero-order valence-corrected chi connectivity index (χ0v) is 12.9. The second-order valence-corrected chi connectivity index (χ2v) is 4.52. The monoisotopic (exact) mass is 294 g/mol. The molecule has 0 aliphatic carbocycles. The van der Waals surface area contributed by atoms with Gasteiger partial charge in [0.2, 0.25) is 0 Å². The van der Waals surface area contributed by atoms with Gasteiger partial charge in [-0.15, -0.1) is 0 Å². The third-order valence-corrected chi connectivity index (χ3v) is 3.14. The second kappa shape index (κ2) is 7.52. The van der Waals surface area contributed by atoms with E-state index in [9.17, 15) is 9.59 Å². The molecule has 0 fully saturated rings. The normalized spacial score (nSPS) is 11.6. The van der Waals surface area contributed by atoms with Gasteiger partial charge in [0, 0.05) is 18.8 Å². The van der Waals surface area contributed by atoms with Gasteiger partial charge in [-0.3, -0.25) is 4.79 Å². The van der Waals surface area contributed by atoms with Crippen molar-refractivity contribution in [2.45, 2.75) is 26.9 Å². The molecule has 0 radical (unpaired) electrons. The molecular formula is C15H22N2O4. The summed E-state index contributed by atoms with van der Waals surface area (Å²) in [5.41, 5.74) is 6.29. The number of methoxy groups -OCH3 is 1. The van der Waals surface area contributed by atoms with Crippen molar-refractivity contribution in [3.8, 4) is 5.75 Å². The molecular weight excluding hydrogens is 272 g/mol. The van der Waals surface area contributed by atoms with Crippen LogP contribution in [0.2, 0.25) is 0 Å². The Morgan fingerprint density at radius 1 is 1.29 bits per heavy atom. The van der Waals surface area contributed by atoms with Crippen molar-refractivity contribution in [2.24, 2.45) is 0 Å². The molecule has 21 heavy (non-hydrogen) atoms. The minimum atomic E-state index is -0.697. The molecule has 0 saturated heterocycles. The van der Waals surface area contributed by atoms with Gasteiger partial charge >= 0.3 is 5.97 Å². The van der Waals surface area contributed by atoms with E-state index in [1.807, 2.05) is 13.8 Å². The Morgan fingerprint density at radius 2 is 1.90 bits per heavy atom. The highest BCUT2D eigenvalue weighted by Crippen LogP contribution is 2.23. The largest absolute Gasteiger partial charge is 0.480 e. The van der Waals surface area contributed by atoms with Crippen LogP contribution in [0, 0.1) is 0 Å². The molecule has 6 heteroatoms. The number of carbonyl (C=O) groups excluding carboxylic acids is 2. The van der Waals surface area contributed by atoms with Gasteiger partial charge in [0.25, 0.3) is 5.91 Å². The minimum absolute atomic E-state index is 0.132. The third-order valence-electron chi connectivity index (χ3n) is 3.14. The Bertz CT molecular complexity index is 512. The van der Waals surface area contributed by atoms with Crippen LogP contribution in [0.25, 0.3) is 0 Å². The standard InChI is InChI=1S/C15H22N2O4/c1-5-17(6-2)14(18)10(3)21-13-8-7-11(16)9-12(13)15(19)20-4/h7-10H,5-6,16H2,1-4H3. The summed E-state index contributed by atoms with van der Waals surface area (Å²) < 4.78 is 10.3. The Hall–Kier alpha value is -2.24. The van der Waals surface area contributed by atoms with Crippen molar-refractivity contribution in [2.75, 3.05) is 25.9 Å². The van der Waals surface area contributed by atoms with E-state index < -0.39 is 12.1 Å². The predicted octanol–water partition coefficient (Wildman–Crippen LogP) is 1.69. The fourth-order valence-electron chi connectivity index (χ4n) is 1.95. The summed E-state index contributed by atoms with van der Waals surface area (Å²) in [4.78, 5) is 25.6. The zero-order chi connectivity index (χ0) is 16.0. The molecule has 1 aromatic carbocycles. The van der Waals surface area contributed by atoms with E-state index in [1.165, 1.54) is 13.2 Å².